The molecule has 0 aromatic carbocycles. The van der Waals surface area contributed by atoms with Crippen LogP contribution < -0.4 is 5.32 Å². The first-order chi connectivity index (χ1) is 7.77. The van der Waals surface area contributed by atoms with E-state index in [1.807, 2.05) is 0 Å². The summed E-state index contributed by atoms with van der Waals surface area (Å²) >= 11 is 0. The Balaban J connectivity index is 2.20. The van der Waals surface area contributed by atoms with Crippen molar-refractivity contribution < 1.29 is 4.79 Å². The van der Waals surface area contributed by atoms with Crippen molar-refractivity contribution in [3.05, 3.63) is 0 Å². The van der Waals surface area contributed by atoms with Crippen molar-refractivity contribution in [2.45, 2.75) is 32.6 Å². The Bertz CT molecular complexity index is 251. The Morgan fingerprint density at radius 3 is 2.75 bits per heavy atom. The molecule has 1 rings (SSSR count). The molecule has 4 nitrogen and oxygen atoms in total. The number of hydrogen-bond acceptors (Lipinski definition) is 3. The number of piperidine rings is 1. The zero-order valence-electron chi connectivity index (χ0n) is 10.0. The summed E-state index contributed by atoms with van der Waals surface area (Å²) in [5.74, 6) is 0.358. The molecule has 0 aromatic rings. The average molecular weight is 223 g/mol. The molecule has 0 bridgehead atoms. The standard InChI is InChI=1S/C12H21N3O/c1-2-3-7-14-12(16)11-4-8-15(9-5-11)10-6-13/h11H,2-5,7-10H2,1H3,(H,14,16). The number of nitriles is 1. The fourth-order valence-corrected chi connectivity index (χ4v) is 1.99. The Morgan fingerprint density at radius 2 is 2.19 bits per heavy atom. The third-order valence-corrected chi connectivity index (χ3v) is 3.08. The molecule has 0 atom stereocenters. The highest BCUT2D eigenvalue weighted by Gasteiger charge is 2.24. The molecule has 90 valence electrons. The van der Waals surface area contributed by atoms with E-state index in [0.29, 0.717) is 6.54 Å². The predicted octanol–water partition coefficient (Wildman–Crippen LogP) is 1.14. The lowest BCUT2D eigenvalue weighted by molar-refractivity contribution is -0.126. The summed E-state index contributed by atoms with van der Waals surface area (Å²) < 4.78 is 0. The summed E-state index contributed by atoms with van der Waals surface area (Å²) in [5.41, 5.74) is 0. The van der Waals surface area contributed by atoms with Gasteiger partial charge in [0.2, 0.25) is 5.91 Å². The van der Waals surface area contributed by atoms with Crippen LogP contribution in [0.3, 0.4) is 0 Å². The number of carbonyl (C=O) groups is 1. The summed E-state index contributed by atoms with van der Waals surface area (Å²) in [5, 5.41) is 11.5. The summed E-state index contributed by atoms with van der Waals surface area (Å²) in [4.78, 5) is 13.8. The van der Waals surface area contributed by atoms with Gasteiger partial charge in [-0.25, -0.2) is 0 Å². The number of unbranched alkanes of at least 4 members (excludes halogenated alkanes) is 1. The van der Waals surface area contributed by atoms with Crippen molar-refractivity contribution in [1.29, 1.82) is 5.26 Å². The van der Waals surface area contributed by atoms with Gasteiger partial charge in [0.1, 0.15) is 0 Å². The maximum Gasteiger partial charge on any atom is 0.223 e. The molecule has 0 aliphatic carbocycles. The third-order valence-electron chi connectivity index (χ3n) is 3.08. The van der Waals surface area contributed by atoms with E-state index in [-0.39, 0.29) is 11.8 Å². The van der Waals surface area contributed by atoms with Gasteiger partial charge in [-0.3, -0.25) is 9.69 Å². The Hall–Kier alpha value is -1.08. The van der Waals surface area contributed by atoms with Crippen LogP contribution in [-0.4, -0.2) is 37.0 Å². The van der Waals surface area contributed by atoms with Crippen LogP contribution in [0.4, 0.5) is 0 Å². The first-order valence-electron chi connectivity index (χ1n) is 6.15. The van der Waals surface area contributed by atoms with Gasteiger partial charge in [0, 0.05) is 12.5 Å². The van der Waals surface area contributed by atoms with E-state index in [9.17, 15) is 4.79 Å². The molecule has 0 unspecified atom stereocenters. The number of rotatable bonds is 5. The molecular formula is C12H21N3O. The monoisotopic (exact) mass is 223 g/mol. The molecule has 1 heterocycles. The zero-order valence-corrected chi connectivity index (χ0v) is 10.0. The molecule has 1 amide bonds. The summed E-state index contributed by atoms with van der Waals surface area (Å²) in [6.07, 6.45) is 3.94. The van der Waals surface area contributed by atoms with Gasteiger partial charge >= 0.3 is 0 Å². The number of nitrogens with one attached hydrogen (secondary N) is 1. The maximum atomic E-state index is 11.7. The van der Waals surface area contributed by atoms with Crippen LogP contribution in [0.5, 0.6) is 0 Å². The smallest absolute Gasteiger partial charge is 0.223 e. The van der Waals surface area contributed by atoms with Crippen molar-refractivity contribution in [3.8, 4) is 6.07 Å². The molecule has 4 heteroatoms. The Labute approximate surface area is 97.6 Å². The zero-order chi connectivity index (χ0) is 11.8. The number of nitrogens with zero attached hydrogens (tertiary/aromatic N) is 2. The molecule has 0 saturated carbocycles. The summed E-state index contributed by atoms with van der Waals surface area (Å²) in [7, 11) is 0. The van der Waals surface area contributed by atoms with E-state index in [1.165, 1.54) is 0 Å². The van der Waals surface area contributed by atoms with Crippen molar-refractivity contribution in [2.75, 3.05) is 26.2 Å². The van der Waals surface area contributed by atoms with Gasteiger partial charge in [0.15, 0.2) is 0 Å². The summed E-state index contributed by atoms with van der Waals surface area (Å²) in [6, 6.07) is 2.15. The first kappa shape index (κ1) is 13.0. The van der Waals surface area contributed by atoms with Gasteiger partial charge in [0.25, 0.3) is 0 Å². The second kappa shape index (κ2) is 7.24. The van der Waals surface area contributed by atoms with Gasteiger partial charge in [-0.05, 0) is 32.4 Å². The quantitative estimate of drug-likeness (QED) is 0.561. The van der Waals surface area contributed by atoms with Gasteiger partial charge < -0.3 is 5.32 Å². The van der Waals surface area contributed by atoms with Crippen LogP contribution in [0.1, 0.15) is 32.6 Å². The Kier molecular flexibility index (Phi) is 5.87. The van der Waals surface area contributed by atoms with Gasteiger partial charge in [-0.2, -0.15) is 5.26 Å². The highest BCUT2D eigenvalue weighted by atomic mass is 16.1. The molecule has 1 saturated heterocycles. The SMILES string of the molecule is CCCCNC(=O)C1CCN(CC#N)CC1. The lowest BCUT2D eigenvalue weighted by Gasteiger charge is -2.29. The Morgan fingerprint density at radius 1 is 1.50 bits per heavy atom. The van der Waals surface area contributed by atoms with Crippen LogP contribution in [0.15, 0.2) is 0 Å². The van der Waals surface area contributed by atoms with Gasteiger partial charge in [-0.15, -0.1) is 0 Å². The minimum atomic E-state index is 0.159. The van der Waals surface area contributed by atoms with E-state index in [1.54, 1.807) is 0 Å². The van der Waals surface area contributed by atoms with E-state index < -0.39 is 0 Å². The average Bonchev–Trinajstić information content (AvgIpc) is 2.30. The van der Waals surface area contributed by atoms with Gasteiger partial charge in [0.05, 0.1) is 12.6 Å². The molecule has 1 aliphatic heterocycles. The second-order valence-corrected chi connectivity index (χ2v) is 4.35. The van der Waals surface area contributed by atoms with E-state index >= 15 is 0 Å². The van der Waals surface area contributed by atoms with E-state index in [0.717, 1.165) is 45.3 Å². The van der Waals surface area contributed by atoms with Crippen LogP contribution in [-0.2, 0) is 4.79 Å². The topological polar surface area (TPSA) is 56.1 Å². The second-order valence-electron chi connectivity index (χ2n) is 4.35. The van der Waals surface area contributed by atoms with Crippen LogP contribution in [0.2, 0.25) is 0 Å². The highest BCUT2D eigenvalue weighted by Crippen LogP contribution is 2.16. The largest absolute Gasteiger partial charge is 0.356 e. The molecule has 0 radical (unpaired) electrons. The molecule has 1 aliphatic rings. The predicted molar refractivity (Wildman–Crippen MR) is 62.7 cm³/mol. The van der Waals surface area contributed by atoms with E-state index in [2.05, 4.69) is 23.2 Å². The fraction of sp³-hybridized carbons (Fsp3) is 0.833. The molecule has 0 spiro atoms. The van der Waals surface area contributed by atoms with Crippen molar-refractivity contribution in [2.24, 2.45) is 5.92 Å². The number of amides is 1. The number of carbonyl (C=O) groups excluding carboxylic acids is 1. The molecule has 16 heavy (non-hydrogen) atoms. The van der Waals surface area contributed by atoms with Crippen molar-refractivity contribution in [1.82, 2.24) is 10.2 Å². The lowest BCUT2D eigenvalue weighted by Crippen LogP contribution is -2.40. The minimum Gasteiger partial charge on any atom is -0.356 e. The molecule has 1 fully saturated rings. The molecular weight excluding hydrogens is 202 g/mol. The van der Waals surface area contributed by atoms with Crippen molar-refractivity contribution >= 4 is 5.91 Å². The lowest BCUT2D eigenvalue weighted by atomic mass is 9.96. The summed E-state index contributed by atoms with van der Waals surface area (Å²) in [6.45, 7) is 5.16. The molecule has 0 aromatic heterocycles. The van der Waals surface area contributed by atoms with Crippen LogP contribution in [0.25, 0.3) is 0 Å². The third kappa shape index (κ3) is 4.19. The normalized spacial score (nSPS) is 18.0. The number of likely N-dealkylation sites (tertiary alicyclic amines) is 1. The van der Waals surface area contributed by atoms with Crippen molar-refractivity contribution in [3.63, 3.8) is 0 Å². The van der Waals surface area contributed by atoms with Crippen LogP contribution in [0, 0.1) is 17.2 Å². The minimum absolute atomic E-state index is 0.159. The highest BCUT2D eigenvalue weighted by molar-refractivity contribution is 5.78. The maximum absolute atomic E-state index is 11.7. The van der Waals surface area contributed by atoms with Crippen LogP contribution >= 0.6 is 0 Å². The fourth-order valence-electron chi connectivity index (χ4n) is 1.99. The number of hydrogen-bond donors (Lipinski definition) is 1. The first-order valence-corrected chi connectivity index (χ1v) is 6.15. The van der Waals surface area contributed by atoms with E-state index in [4.69, 9.17) is 5.26 Å². The van der Waals surface area contributed by atoms with Gasteiger partial charge in [-0.1, -0.05) is 13.3 Å². The molecule has 1 N–H and O–H groups in total.